The van der Waals surface area contributed by atoms with Crippen molar-refractivity contribution in [3.05, 3.63) is 34.7 Å². The number of anilines is 2. The lowest BCUT2D eigenvalue weighted by Crippen LogP contribution is -2.59. The Morgan fingerprint density at radius 2 is 1.95 bits per heavy atom. The Morgan fingerprint density at radius 3 is 2.73 bits per heavy atom. The molecular formula is C15H17ClN6. The van der Waals surface area contributed by atoms with E-state index in [9.17, 15) is 0 Å². The molecule has 1 fully saturated rings. The van der Waals surface area contributed by atoms with E-state index in [1.54, 1.807) is 12.4 Å². The van der Waals surface area contributed by atoms with Gasteiger partial charge in [-0.15, -0.1) is 5.10 Å². The number of fused-ring (bicyclic) bond motifs is 1. The van der Waals surface area contributed by atoms with Crippen molar-refractivity contribution in [2.75, 3.05) is 29.9 Å². The fourth-order valence-electron chi connectivity index (χ4n) is 3.01. The van der Waals surface area contributed by atoms with Gasteiger partial charge in [0.15, 0.2) is 5.82 Å². The predicted molar refractivity (Wildman–Crippen MR) is 85.5 cm³/mol. The maximum absolute atomic E-state index is 5.83. The van der Waals surface area contributed by atoms with Crippen molar-refractivity contribution < 1.29 is 0 Å². The second kappa shape index (κ2) is 5.35. The quantitative estimate of drug-likeness (QED) is 0.859. The third-order valence-electron chi connectivity index (χ3n) is 4.46. The second-order valence-corrected chi connectivity index (χ2v) is 6.34. The Morgan fingerprint density at radius 1 is 1.18 bits per heavy atom. The third kappa shape index (κ3) is 2.37. The number of aryl methyl sites for hydroxylation is 2. The summed E-state index contributed by atoms with van der Waals surface area (Å²) in [7, 11) is 2.01. The lowest BCUT2D eigenvalue weighted by Gasteiger charge is -2.44. The van der Waals surface area contributed by atoms with Crippen molar-refractivity contribution >= 4 is 23.4 Å². The Hall–Kier alpha value is -1.95. The van der Waals surface area contributed by atoms with E-state index in [2.05, 4.69) is 36.0 Å². The summed E-state index contributed by atoms with van der Waals surface area (Å²) in [6.07, 6.45) is 6.66. The van der Waals surface area contributed by atoms with Crippen LogP contribution in [0.15, 0.2) is 18.5 Å². The molecule has 1 aliphatic heterocycles. The van der Waals surface area contributed by atoms with Gasteiger partial charge in [-0.05, 0) is 30.9 Å². The Balaban J connectivity index is 1.42. The number of halogens is 1. The molecule has 0 spiro atoms. The standard InChI is InChI=1S/C15H17ClN6/c1-21(15-17-6-11(16)7-18-15)12-8-22(9-12)14-5-10-3-2-4-13(10)19-20-14/h5-7,12H,2-4,8-9H2,1H3. The lowest BCUT2D eigenvalue weighted by molar-refractivity contribution is 0.484. The van der Waals surface area contributed by atoms with E-state index in [1.807, 2.05) is 7.05 Å². The van der Waals surface area contributed by atoms with E-state index >= 15 is 0 Å². The van der Waals surface area contributed by atoms with Crippen molar-refractivity contribution in [1.82, 2.24) is 20.2 Å². The first-order valence-corrected chi connectivity index (χ1v) is 7.89. The minimum atomic E-state index is 0.385. The number of likely N-dealkylation sites (N-methyl/N-ethyl adjacent to an activating group) is 1. The van der Waals surface area contributed by atoms with Crippen molar-refractivity contribution in [1.29, 1.82) is 0 Å². The van der Waals surface area contributed by atoms with Crippen molar-refractivity contribution in [2.24, 2.45) is 0 Å². The smallest absolute Gasteiger partial charge is 0.225 e. The fraction of sp³-hybridized carbons (Fsp3) is 0.467. The zero-order chi connectivity index (χ0) is 15.1. The van der Waals surface area contributed by atoms with Crippen LogP contribution in [0.2, 0.25) is 5.02 Å². The van der Waals surface area contributed by atoms with Crippen LogP contribution < -0.4 is 9.80 Å². The molecule has 0 amide bonds. The number of nitrogens with zero attached hydrogens (tertiary/aromatic N) is 6. The summed E-state index contributed by atoms with van der Waals surface area (Å²) < 4.78 is 0. The Bertz CT molecular complexity index is 683. The van der Waals surface area contributed by atoms with Gasteiger partial charge in [0, 0.05) is 20.1 Å². The molecule has 0 bridgehead atoms. The van der Waals surface area contributed by atoms with Crippen molar-refractivity contribution in [3.8, 4) is 0 Å². The number of rotatable bonds is 3. The van der Waals surface area contributed by atoms with Crippen molar-refractivity contribution in [2.45, 2.75) is 25.3 Å². The number of aromatic nitrogens is 4. The molecule has 2 aromatic heterocycles. The predicted octanol–water partition coefficient (Wildman–Crippen LogP) is 1.73. The van der Waals surface area contributed by atoms with E-state index in [1.165, 1.54) is 17.7 Å². The zero-order valence-electron chi connectivity index (χ0n) is 12.4. The highest BCUT2D eigenvalue weighted by Crippen LogP contribution is 2.27. The first-order chi connectivity index (χ1) is 10.7. The largest absolute Gasteiger partial charge is 0.351 e. The van der Waals surface area contributed by atoms with E-state index in [4.69, 9.17) is 11.6 Å². The molecule has 3 heterocycles. The highest BCUT2D eigenvalue weighted by atomic mass is 35.5. The van der Waals surface area contributed by atoms with Crippen LogP contribution in [-0.4, -0.2) is 46.3 Å². The van der Waals surface area contributed by atoms with E-state index in [0.29, 0.717) is 17.0 Å². The average molecular weight is 317 g/mol. The molecule has 6 nitrogen and oxygen atoms in total. The van der Waals surface area contributed by atoms with Crippen LogP contribution in [0, 0.1) is 0 Å². The topological polar surface area (TPSA) is 58.0 Å². The zero-order valence-corrected chi connectivity index (χ0v) is 13.2. The molecule has 0 aromatic carbocycles. The van der Waals surface area contributed by atoms with Crippen LogP contribution in [0.25, 0.3) is 0 Å². The molecule has 22 heavy (non-hydrogen) atoms. The third-order valence-corrected chi connectivity index (χ3v) is 4.66. The SMILES string of the molecule is CN(c1ncc(Cl)cn1)C1CN(c2cc3c(nn2)CCC3)C1. The highest BCUT2D eigenvalue weighted by molar-refractivity contribution is 6.30. The second-order valence-electron chi connectivity index (χ2n) is 5.90. The normalized spacial score (nSPS) is 17.3. The molecule has 0 saturated carbocycles. The molecule has 0 radical (unpaired) electrons. The summed E-state index contributed by atoms with van der Waals surface area (Å²) in [6, 6.07) is 2.58. The van der Waals surface area contributed by atoms with Crippen LogP contribution in [0.5, 0.6) is 0 Å². The molecule has 7 heteroatoms. The summed E-state index contributed by atoms with van der Waals surface area (Å²) in [5, 5.41) is 9.27. The van der Waals surface area contributed by atoms with Crippen LogP contribution in [0.3, 0.4) is 0 Å². The van der Waals surface area contributed by atoms with Crippen molar-refractivity contribution in [3.63, 3.8) is 0 Å². The first kappa shape index (κ1) is 13.7. The molecule has 4 rings (SSSR count). The highest BCUT2D eigenvalue weighted by Gasteiger charge is 2.32. The maximum atomic E-state index is 5.83. The van der Waals surface area contributed by atoms with Gasteiger partial charge < -0.3 is 9.80 Å². The molecule has 0 atom stereocenters. The fourth-order valence-corrected chi connectivity index (χ4v) is 3.11. The molecular weight excluding hydrogens is 300 g/mol. The summed E-state index contributed by atoms with van der Waals surface area (Å²) >= 11 is 5.83. The Labute approximate surface area is 134 Å². The summed E-state index contributed by atoms with van der Waals surface area (Å²) in [5.74, 6) is 1.69. The molecule has 0 unspecified atom stereocenters. The van der Waals surface area contributed by atoms with E-state index < -0.39 is 0 Å². The van der Waals surface area contributed by atoms with E-state index in [-0.39, 0.29) is 0 Å². The van der Waals surface area contributed by atoms with Crippen LogP contribution in [-0.2, 0) is 12.8 Å². The molecule has 0 N–H and O–H groups in total. The lowest BCUT2D eigenvalue weighted by atomic mass is 10.1. The number of hydrogen-bond donors (Lipinski definition) is 0. The molecule has 114 valence electrons. The monoisotopic (exact) mass is 316 g/mol. The summed E-state index contributed by atoms with van der Waals surface area (Å²) in [6.45, 7) is 1.83. The van der Waals surface area contributed by atoms with Gasteiger partial charge in [0.05, 0.1) is 29.2 Å². The van der Waals surface area contributed by atoms with Gasteiger partial charge in [-0.1, -0.05) is 11.6 Å². The van der Waals surface area contributed by atoms with Crippen LogP contribution in [0.4, 0.5) is 11.8 Å². The van der Waals surface area contributed by atoms with Gasteiger partial charge in [0.25, 0.3) is 0 Å². The van der Waals surface area contributed by atoms with Gasteiger partial charge in [-0.2, -0.15) is 5.10 Å². The molecule has 2 aliphatic rings. The minimum Gasteiger partial charge on any atom is -0.351 e. The summed E-state index contributed by atoms with van der Waals surface area (Å²) in [5.41, 5.74) is 2.54. The van der Waals surface area contributed by atoms with Crippen LogP contribution >= 0.6 is 11.6 Å². The minimum absolute atomic E-state index is 0.385. The first-order valence-electron chi connectivity index (χ1n) is 7.51. The molecule has 1 aliphatic carbocycles. The van der Waals surface area contributed by atoms with Gasteiger partial charge in [-0.25, -0.2) is 9.97 Å². The number of hydrogen-bond acceptors (Lipinski definition) is 6. The van der Waals surface area contributed by atoms with Gasteiger partial charge >= 0.3 is 0 Å². The van der Waals surface area contributed by atoms with Gasteiger partial charge in [0.1, 0.15) is 0 Å². The molecule has 1 saturated heterocycles. The maximum Gasteiger partial charge on any atom is 0.225 e. The van der Waals surface area contributed by atoms with Crippen LogP contribution in [0.1, 0.15) is 17.7 Å². The van der Waals surface area contributed by atoms with Gasteiger partial charge in [-0.3, -0.25) is 0 Å². The van der Waals surface area contributed by atoms with E-state index in [0.717, 1.165) is 31.7 Å². The Kier molecular flexibility index (Phi) is 3.33. The summed E-state index contributed by atoms with van der Waals surface area (Å²) in [4.78, 5) is 12.9. The molecule has 2 aromatic rings. The average Bonchev–Trinajstić information content (AvgIpc) is 2.94. The van der Waals surface area contributed by atoms with Gasteiger partial charge in [0.2, 0.25) is 5.95 Å².